The van der Waals surface area contributed by atoms with E-state index >= 15 is 0 Å². The molecule has 0 aromatic heterocycles. The van der Waals surface area contributed by atoms with Crippen LogP contribution in [-0.2, 0) is 16.6 Å². The van der Waals surface area contributed by atoms with E-state index in [1.807, 2.05) is 13.8 Å². The Morgan fingerprint density at radius 1 is 1.30 bits per heavy atom. The Morgan fingerprint density at radius 2 is 2.00 bits per heavy atom. The van der Waals surface area contributed by atoms with Gasteiger partial charge in [0.2, 0.25) is 10.0 Å². The third-order valence-corrected chi connectivity index (χ3v) is 5.11. The molecular weight excluding hydrogens is 279 g/mol. The zero-order valence-corrected chi connectivity index (χ0v) is 13.1. The summed E-state index contributed by atoms with van der Waals surface area (Å²) in [5.41, 5.74) is 0.361. The first-order chi connectivity index (χ1) is 9.47. The highest BCUT2D eigenvalue weighted by atomic mass is 32.2. The van der Waals surface area contributed by atoms with Crippen molar-refractivity contribution in [1.82, 2.24) is 9.62 Å². The fourth-order valence-corrected chi connectivity index (χ4v) is 3.51. The lowest BCUT2D eigenvalue weighted by atomic mass is 10.2. The molecule has 0 amide bonds. The Bertz CT molecular complexity index is 532. The van der Waals surface area contributed by atoms with Crippen LogP contribution in [0.2, 0.25) is 0 Å². The maximum Gasteiger partial charge on any atom is 0.243 e. The Kier molecular flexibility index (Phi) is 6.58. The van der Waals surface area contributed by atoms with E-state index in [0.717, 1.165) is 12.8 Å². The van der Waals surface area contributed by atoms with Crippen LogP contribution in [-0.4, -0.2) is 32.9 Å². The molecule has 0 atom stereocenters. The van der Waals surface area contributed by atoms with Gasteiger partial charge in [0.1, 0.15) is 5.82 Å². The zero-order valence-electron chi connectivity index (χ0n) is 12.3. The van der Waals surface area contributed by atoms with Gasteiger partial charge in [0.15, 0.2) is 0 Å². The number of hydrogen-bond acceptors (Lipinski definition) is 3. The van der Waals surface area contributed by atoms with Crippen LogP contribution < -0.4 is 5.32 Å². The molecule has 114 valence electrons. The molecule has 1 N–H and O–H groups in total. The number of nitrogens with one attached hydrogen (secondary N) is 1. The van der Waals surface area contributed by atoms with Gasteiger partial charge in [0, 0.05) is 25.2 Å². The highest BCUT2D eigenvalue weighted by Crippen LogP contribution is 2.19. The lowest BCUT2D eigenvalue weighted by Crippen LogP contribution is -2.32. The van der Waals surface area contributed by atoms with Gasteiger partial charge in [-0.1, -0.05) is 20.3 Å². The fraction of sp³-hybridized carbons (Fsp3) is 0.571. The van der Waals surface area contributed by atoms with E-state index in [1.165, 1.54) is 22.5 Å². The molecule has 6 heteroatoms. The predicted octanol–water partition coefficient (Wildman–Crippen LogP) is 2.36. The third-order valence-electron chi connectivity index (χ3n) is 3.14. The van der Waals surface area contributed by atoms with Crippen LogP contribution in [0.25, 0.3) is 0 Å². The minimum Gasteiger partial charge on any atom is -0.316 e. The number of halogens is 1. The van der Waals surface area contributed by atoms with Crippen molar-refractivity contribution in [3.8, 4) is 0 Å². The van der Waals surface area contributed by atoms with Gasteiger partial charge in [-0.05, 0) is 31.7 Å². The Morgan fingerprint density at radius 3 is 2.55 bits per heavy atom. The second kappa shape index (κ2) is 7.71. The van der Waals surface area contributed by atoms with Crippen LogP contribution in [0, 0.1) is 5.82 Å². The maximum absolute atomic E-state index is 13.6. The van der Waals surface area contributed by atoms with Crippen molar-refractivity contribution in [2.24, 2.45) is 0 Å². The molecule has 0 radical (unpaired) electrons. The zero-order chi connectivity index (χ0) is 15.2. The van der Waals surface area contributed by atoms with Gasteiger partial charge in [-0.25, -0.2) is 12.8 Å². The molecule has 0 heterocycles. The molecular formula is C14H23FN2O2S. The first-order valence-corrected chi connectivity index (χ1v) is 8.34. The molecule has 20 heavy (non-hydrogen) atoms. The van der Waals surface area contributed by atoms with Gasteiger partial charge in [0.25, 0.3) is 0 Å². The van der Waals surface area contributed by atoms with Crippen LogP contribution >= 0.6 is 0 Å². The number of rotatable bonds is 8. The van der Waals surface area contributed by atoms with Crippen LogP contribution in [0.4, 0.5) is 4.39 Å². The summed E-state index contributed by atoms with van der Waals surface area (Å²) in [6, 6.07) is 3.96. The standard InChI is InChI=1S/C14H23FN2O2S/c1-4-6-9-17(5-2)20(18,19)13-7-8-14(15)12(10-13)11-16-3/h7-8,10,16H,4-6,9,11H2,1-3H3. The van der Waals surface area contributed by atoms with Crippen molar-refractivity contribution >= 4 is 10.0 Å². The third kappa shape index (κ3) is 4.01. The normalized spacial score (nSPS) is 12.1. The first kappa shape index (κ1) is 17.1. The Labute approximate surface area is 121 Å². The van der Waals surface area contributed by atoms with Gasteiger partial charge in [-0.15, -0.1) is 0 Å². The van der Waals surface area contributed by atoms with E-state index in [2.05, 4.69) is 5.32 Å². The summed E-state index contributed by atoms with van der Waals surface area (Å²) >= 11 is 0. The highest BCUT2D eigenvalue weighted by Gasteiger charge is 2.23. The quantitative estimate of drug-likeness (QED) is 0.802. The van der Waals surface area contributed by atoms with Gasteiger partial charge >= 0.3 is 0 Å². The van der Waals surface area contributed by atoms with E-state index in [-0.39, 0.29) is 4.90 Å². The second-order valence-electron chi connectivity index (χ2n) is 4.63. The molecule has 0 saturated heterocycles. The molecule has 0 unspecified atom stereocenters. The predicted molar refractivity (Wildman–Crippen MR) is 78.5 cm³/mol. The first-order valence-electron chi connectivity index (χ1n) is 6.90. The fourth-order valence-electron chi connectivity index (χ4n) is 1.97. The van der Waals surface area contributed by atoms with Crippen LogP contribution in [0.3, 0.4) is 0 Å². The summed E-state index contributed by atoms with van der Waals surface area (Å²) in [7, 11) is -1.85. The van der Waals surface area contributed by atoms with Crippen LogP contribution in [0.5, 0.6) is 0 Å². The monoisotopic (exact) mass is 302 g/mol. The van der Waals surface area contributed by atoms with E-state index in [4.69, 9.17) is 0 Å². The average molecular weight is 302 g/mol. The van der Waals surface area contributed by atoms with E-state index in [9.17, 15) is 12.8 Å². The number of hydrogen-bond donors (Lipinski definition) is 1. The molecule has 4 nitrogen and oxygen atoms in total. The summed E-state index contributed by atoms with van der Waals surface area (Å²) in [4.78, 5) is 0.155. The number of sulfonamides is 1. The van der Waals surface area contributed by atoms with Crippen molar-refractivity contribution in [1.29, 1.82) is 0 Å². The summed E-state index contributed by atoms with van der Waals surface area (Å²) in [5, 5.41) is 2.83. The van der Waals surface area contributed by atoms with Crippen molar-refractivity contribution in [3.63, 3.8) is 0 Å². The lowest BCUT2D eigenvalue weighted by Gasteiger charge is -2.20. The average Bonchev–Trinajstić information content (AvgIpc) is 2.42. The summed E-state index contributed by atoms with van der Waals surface area (Å²) in [6.07, 6.45) is 1.75. The van der Waals surface area contributed by atoms with Crippen molar-refractivity contribution in [3.05, 3.63) is 29.6 Å². The van der Waals surface area contributed by atoms with Gasteiger partial charge in [0.05, 0.1) is 4.90 Å². The van der Waals surface area contributed by atoms with E-state index in [1.54, 1.807) is 7.05 Å². The number of benzene rings is 1. The molecule has 0 aliphatic rings. The number of nitrogens with zero attached hydrogens (tertiary/aromatic N) is 1. The maximum atomic E-state index is 13.6. The van der Waals surface area contributed by atoms with Gasteiger partial charge in [-0.2, -0.15) is 4.31 Å². The molecule has 1 aromatic rings. The number of unbranched alkanes of at least 4 members (excludes halogenated alkanes) is 1. The van der Waals surface area contributed by atoms with Crippen molar-refractivity contribution in [2.45, 2.75) is 38.1 Å². The van der Waals surface area contributed by atoms with Crippen LogP contribution in [0.15, 0.2) is 23.1 Å². The van der Waals surface area contributed by atoms with E-state index in [0.29, 0.717) is 25.2 Å². The summed E-state index contributed by atoms with van der Waals surface area (Å²) < 4.78 is 40.1. The summed E-state index contributed by atoms with van der Waals surface area (Å²) in [5.74, 6) is -0.394. The minimum atomic E-state index is -3.54. The largest absolute Gasteiger partial charge is 0.316 e. The molecule has 0 saturated carbocycles. The molecule has 0 spiro atoms. The molecule has 0 fully saturated rings. The van der Waals surface area contributed by atoms with Gasteiger partial charge in [-0.3, -0.25) is 0 Å². The molecule has 0 aliphatic heterocycles. The molecule has 1 rings (SSSR count). The smallest absolute Gasteiger partial charge is 0.243 e. The molecule has 0 bridgehead atoms. The summed E-state index contributed by atoms with van der Waals surface area (Å²) in [6.45, 7) is 5.04. The van der Waals surface area contributed by atoms with Crippen molar-refractivity contribution < 1.29 is 12.8 Å². The minimum absolute atomic E-state index is 0.155. The van der Waals surface area contributed by atoms with Gasteiger partial charge < -0.3 is 5.32 Å². The topological polar surface area (TPSA) is 49.4 Å². The molecule has 0 aliphatic carbocycles. The van der Waals surface area contributed by atoms with Crippen molar-refractivity contribution in [2.75, 3.05) is 20.1 Å². The second-order valence-corrected chi connectivity index (χ2v) is 6.57. The highest BCUT2D eigenvalue weighted by molar-refractivity contribution is 7.89. The SMILES string of the molecule is CCCCN(CC)S(=O)(=O)c1ccc(F)c(CNC)c1. The Balaban J connectivity index is 3.10. The molecule has 1 aromatic carbocycles. The van der Waals surface area contributed by atoms with E-state index < -0.39 is 15.8 Å². The van der Waals surface area contributed by atoms with Crippen LogP contribution in [0.1, 0.15) is 32.3 Å². The lowest BCUT2D eigenvalue weighted by molar-refractivity contribution is 0.418. The Hall–Kier alpha value is -0.980.